The Morgan fingerprint density at radius 2 is 1.95 bits per heavy atom. The van der Waals surface area contributed by atoms with Crippen LogP contribution in [0.25, 0.3) is 11.5 Å². The molecule has 2 heterocycles. The molecule has 0 saturated heterocycles. The van der Waals surface area contributed by atoms with E-state index in [9.17, 15) is 8.78 Å². The van der Waals surface area contributed by atoms with E-state index in [1.165, 1.54) is 25.2 Å². The first-order valence-corrected chi connectivity index (χ1v) is 5.99. The van der Waals surface area contributed by atoms with E-state index in [0.717, 1.165) is 12.2 Å². The summed E-state index contributed by atoms with van der Waals surface area (Å²) in [5.41, 5.74) is 0.776. The second-order valence-corrected chi connectivity index (χ2v) is 5.12. The highest BCUT2D eigenvalue weighted by molar-refractivity contribution is 5.48. The Morgan fingerprint density at radius 3 is 2.47 bits per heavy atom. The molecule has 7 heteroatoms. The van der Waals surface area contributed by atoms with Crippen LogP contribution in [0.3, 0.4) is 0 Å². The Bertz CT molecular complexity index is 578. The molecule has 1 aliphatic rings. The van der Waals surface area contributed by atoms with Gasteiger partial charge in [-0.25, -0.2) is 9.97 Å². The number of nitrogens with zero attached hydrogens (tertiary/aromatic N) is 4. The van der Waals surface area contributed by atoms with Gasteiger partial charge in [0.1, 0.15) is 5.82 Å². The van der Waals surface area contributed by atoms with Crippen molar-refractivity contribution in [1.82, 2.24) is 20.2 Å². The molecule has 0 aromatic carbocycles. The van der Waals surface area contributed by atoms with Gasteiger partial charge in [-0.3, -0.25) is 0 Å². The fraction of sp³-hybridized carbons (Fsp3) is 0.500. The van der Waals surface area contributed by atoms with Crippen molar-refractivity contribution < 1.29 is 13.2 Å². The lowest BCUT2D eigenvalue weighted by Crippen LogP contribution is -2.03. The second kappa shape index (κ2) is 4.32. The van der Waals surface area contributed by atoms with E-state index in [1.54, 1.807) is 0 Å². The highest BCUT2D eigenvalue weighted by Crippen LogP contribution is 2.47. The van der Waals surface area contributed by atoms with Crippen molar-refractivity contribution in [2.24, 2.45) is 5.41 Å². The van der Waals surface area contributed by atoms with E-state index in [-0.39, 0.29) is 5.89 Å². The lowest BCUT2D eigenvalue weighted by Gasteiger charge is -2.05. The van der Waals surface area contributed by atoms with E-state index >= 15 is 0 Å². The first kappa shape index (κ1) is 12.1. The predicted molar refractivity (Wildman–Crippen MR) is 61.3 cm³/mol. The smallest absolute Gasteiger partial charge is 0.314 e. The van der Waals surface area contributed by atoms with Gasteiger partial charge in [-0.05, 0) is 18.3 Å². The summed E-state index contributed by atoms with van der Waals surface area (Å²) in [7, 11) is 0. The van der Waals surface area contributed by atoms with Gasteiger partial charge in [0.2, 0.25) is 0 Å². The molecular formula is C12H12F2N4O. The minimum absolute atomic E-state index is 0.0134. The van der Waals surface area contributed by atoms with Gasteiger partial charge in [-0.2, -0.15) is 8.78 Å². The maximum atomic E-state index is 12.3. The molecule has 1 saturated carbocycles. The summed E-state index contributed by atoms with van der Waals surface area (Å²) >= 11 is 0. The molecule has 1 aliphatic carbocycles. The zero-order chi connectivity index (χ0) is 13.5. The molecule has 0 amide bonds. The maximum absolute atomic E-state index is 12.3. The summed E-state index contributed by atoms with van der Waals surface area (Å²) in [5.74, 6) is 0.0707. The van der Waals surface area contributed by atoms with Gasteiger partial charge in [0.15, 0.2) is 0 Å². The van der Waals surface area contributed by atoms with Crippen molar-refractivity contribution in [3.8, 4) is 11.5 Å². The molecule has 3 rings (SSSR count). The largest absolute Gasteiger partial charge is 0.415 e. The van der Waals surface area contributed by atoms with Crippen molar-refractivity contribution >= 4 is 0 Å². The third kappa shape index (κ3) is 2.59. The summed E-state index contributed by atoms with van der Waals surface area (Å²) in [6.45, 7) is 2.19. The normalized spacial score (nSPS) is 16.8. The van der Waals surface area contributed by atoms with Gasteiger partial charge < -0.3 is 4.42 Å². The van der Waals surface area contributed by atoms with E-state index in [2.05, 4.69) is 27.1 Å². The standard InChI is InChI=1S/C12H12F2N4O/c1-12(2-3-12)4-8-15-5-7(6-16-8)10-17-18-11(19-10)9(13)14/h5-6,9H,2-4H2,1H3. The number of hydrogen-bond acceptors (Lipinski definition) is 5. The second-order valence-electron chi connectivity index (χ2n) is 5.12. The fourth-order valence-electron chi connectivity index (χ4n) is 1.77. The highest BCUT2D eigenvalue weighted by Gasteiger charge is 2.37. The Labute approximate surface area is 108 Å². The molecule has 5 nitrogen and oxygen atoms in total. The Kier molecular flexibility index (Phi) is 2.76. The third-order valence-corrected chi connectivity index (χ3v) is 3.27. The first-order valence-electron chi connectivity index (χ1n) is 5.99. The summed E-state index contributed by atoms with van der Waals surface area (Å²) in [4.78, 5) is 8.42. The van der Waals surface area contributed by atoms with E-state index < -0.39 is 12.3 Å². The SMILES string of the molecule is CC1(Cc2ncc(-c3nnc(C(F)F)o3)cn2)CC1. The molecule has 0 radical (unpaired) electrons. The van der Waals surface area contributed by atoms with Crippen LogP contribution in [0.1, 0.15) is 37.9 Å². The Balaban J connectivity index is 1.77. The van der Waals surface area contributed by atoms with Crippen LogP contribution < -0.4 is 0 Å². The van der Waals surface area contributed by atoms with Gasteiger partial charge in [-0.15, -0.1) is 10.2 Å². The van der Waals surface area contributed by atoms with Gasteiger partial charge in [0.25, 0.3) is 11.8 Å². The number of rotatable bonds is 4. The highest BCUT2D eigenvalue weighted by atomic mass is 19.3. The molecular weight excluding hydrogens is 254 g/mol. The van der Waals surface area contributed by atoms with Gasteiger partial charge >= 0.3 is 6.43 Å². The molecule has 1 fully saturated rings. The molecule has 0 aliphatic heterocycles. The van der Waals surface area contributed by atoms with Crippen LogP contribution in [-0.2, 0) is 6.42 Å². The van der Waals surface area contributed by atoms with E-state index in [4.69, 9.17) is 4.42 Å². The number of aromatic nitrogens is 4. The van der Waals surface area contributed by atoms with E-state index in [1.807, 2.05) is 0 Å². The molecule has 2 aromatic heterocycles. The average molecular weight is 266 g/mol. The molecule has 0 spiro atoms. The van der Waals surface area contributed by atoms with Crippen molar-refractivity contribution in [3.05, 3.63) is 24.1 Å². The lowest BCUT2D eigenvalue weighted by atomic mass is 10.1. The summed E-state index contributed by atoms with van der Waals surface area (Å²) in [5, 5.41) is 6.81. The van der Waals surface area contributed by atoms with Gasteiger partial charge in [0.05, 0.1) is 5.56 Å². The zero-order valence-corrected chi connectivity index (χ0v) is 10.3. The van der Waals surface area contributed by atoms with Crippen molar-refractivity contribution in [1.29, 1.82) is 0 Å². The predicted octanol–water partition coefficient (Wildman–Crippen LogP) is 2.81. The van der Waals surface area contributed by atoms with E-state index in [0.29, 0.717) is 11.0 Å². The Hall–Kier alpha value is -1.92. The molecule has 100 valence electrons. The zero-order valence-electron chi connectivity index (χ0n) is 10.3. The number of hydrogen-bond donors (Lipinski definition) is 0. The number of halogens is 2. The summed E-state index contributed by atoms with van der Waals surface area (Å²) in [6, 6.07) is 0. The molecule has 0 atom stereocenters. The van der Waals surface area contributed by atoms with Crippen LogP contribution in [-0.4, -0.2) is 20.2 Å². The summed E-state index contributed by atoms with van der Waals surface area (Å²) in [6.07, 6.45) is 3.50. The topological polar surface area (TPSA) is 64.7 Å². The van der Waals surface area contributed by atoms with Crippen LogP contribution in [0.15, 0.2) is 16.8 Å². The molecule has 2 aromatic rings. The van der Waals surface area contributed by atoms with Gasteiger partial charge in [0, 0.05) is 18.8 Å². The molecule has 0 unspecified atom stereocenters. The van der Waals surface area contributed by atoms with Crippen LogP contribution in [0.2, 0.25) is 0 Å². The molecule has 0 N–H and O–H groups in total. The quantitative estimate of drug-likeness (QED) is 0.851. The monoisotopic (exact) mass is 266 g/mol. The van der Waals surface area contributed by atoms with Crippen molar-refractivity contribution in [2.75, 3.05) is 0 Å². The average Bonchev–Trinajstić information content (AvgIpc) is 2.93. The third-order valence-electron chi connectivity index (χ3n) is 3.27. The minimum atomic E-state index is -2.77. The van der Waals surface area contributed by atoms with Crippen molar-refractivity contribution in [3.63, 3.8) is 0 Å². The van der Waals surface area contributed by atoms with Gasteiger partial charge in [-0.1, -0.05) is 6.92 Å². The fourth-order valence-corrected chi connectivity index (χ4v) is 1.77. The Morgan fingerprint density at radius 1 is 1.26 bits per heavy atom. The van der Waals surface area contributed by atoms with Crippen LogP contribution in [0.4, 0.5) is 8.78 Å². The first-order chi connectivity index (χ1) is 9.06. The maximum Gasteiger partial charge on any atom is 0.314 e. The lowest BCUT2D eigenvalue weighted by molar-refractivity contribution is 0.116. The van der Waals surface area contributed by atoms with Crippen LogP contribution in [0.5, 0.6) is 0 Å². The minimum Gasteiger partial charge on any atom is -0.415 e. The van der Waals surface area contributed by atoms with Crippen molar-refractivity contribution in [2.45, 2.75) is 32.6 Å². The van der Waals surface area contributed by atoms with Crippen LogP contribution >= 0.6 is 0 Å². The molecule has 19 heavy (non-hydrogen) atoms. The molecule has 0 bridgehead atoms. The number of alkyl halides is 2. The summed E-state index contributed by atoms with van der Waals surface area (Å²) < 4.78 is 29.5. The van der Waals surface area contributed by atoms with Crippen LogP contribution in [0, 0.1) is 5.41 Å².